The predicted octanol–water partition coefficient (Wildman–Crippen LogP) is 4.73. The molecule has 3 rings (SSSR count). The molecule has 0 fully saturated rings. The molecule has 3 aromatic rings. The van der Waals surface area contributed by atoms with Crippen molar-refractivity contribution in [2.45, 2.75) is 19.6 Å². The van der Waals surface area contributed by atoms with Gasteiger partial charge in [-0.25, -0.2) is 4.79 Å². The summed E-state index contributed by atoms with van der Waals surface area (Å²) >= 11 is 5.83. The number of ether oxygens (including phenoxy) is 1. The number of hydrogen-bond acceptors (Lipinski definition) is 5. The Bertz CT molecular complexity index is 939. The average molecular weight is 399 g/mol. The zero-order valence-corrected chi connectivity index (χ0v) is 15.9. The summed E-state index contributed by atoms with van der Waals surface area (Å²) in [4.78, 5) is 24.8. The molecule has 0 unspecified atom stereocenters. The highest BCUT2D eigenvalue weighted by molar-refractivity contribution is 6.30. The Balaban J connectivity index is 1.61. The minimum absolute atomic E-state index is 0.334. The third-order valence-electron chi connectivity index (χ3n) is 3.94. The lowest BCUT2D eigenvalue weighted by molar-refractivity contribution is -0.123. The molecule has 0 radical (unpaired) electrons. The van der Waals surface area contributed by atoms with Crippen LogP contribution in [0.2, 0.25) is 5.02 Å². The van der Waals surface area contributed by atoms with Gasteiger partial charge in [-0.15, -0.1) is 0 Å². The molecule has 0 aliphatic rings. The Morgan fingerprint density at radius 1 is 1.07 bits per heavy atom. The summed E-state index contributed by atoms with van der Waals surface area (Å²) in [6.45, 7) is 1.94. The number of carbonyl (C=O) groups excluding carboxylic acids is 2. The quantitative estimate of drug-likeness (QED) is 0.562. The summed E-state index contributed by atoms with van der Waals surface area (Å²) in [7, 11) is 0. The molecule has 0 bridgehead atoms. The molecule has 1 amide bonds. The first-order valence-corrected chi connectivity index (χ1v) is 9.03. The molecule has 7 heteroatoms. The first-order chi connectivity index (χ1) is 13.5. The molecule has 0 saturated carbocycles. The zero-order valence-electron chi connectivity index (χ0n) is 15.1. The van der Waals surface area contributed by atoms with Gasteiger partial charge in [-0.3, -0.25) is 4.79 Å². The van der Waals surface area contributed by atoms with Crippen LogP contribution in [0.25, 0.3) is 0 Å². The first-order valence-electron chi connectivity index (χ1n) is 8.65. The van der Waals surface area contributed by atoms with Crippen LogP contribution in [0.3, 0.4) is 0 Å². The number of anilines is 2. The number of furan rings is 1. The van der Waals surface area contributed by atoms with Crippen LogP contribution in [0.1, 0.15) is 23.0 Å². The number of rotatable bonds is 7. The van der Waals surface area contributed by atoms with Gasteiger partial charge in [0, 0.05) is 16.4 Å². The highest BCUT2D eigenvalue weighted by atomic mass is 35.5. The van der Waals surface area contributed by atoms with Crippen LogP contribution in [-0.4, -0.2) is 18.0 Å². The summed E-state index contributed by atoms with van der Waals surface area (Å²) in [5.74, 6) is -0.295. The first kappa shape index (κ1) is 19.5. The second kappa shape index (κ2) is 9.10. The second-order valence-corrected chi connectivity index (χ2v) is 6.46. The third-order valence-corrected chi connectivity index (χ3v) is 4.20. The van der Waals surface area contributed by atoms with Gasteiger partial charge >= 0.3 is 5.97 Å². The number of amides is 1. The summed E-state index contributed by atoms with van der Waals surface area (Å²) in [5, 5.41) is 6.38. The van der Waals surface area contributed by atoms with Crippen LogP contribution < -0.4 is 10.6 Å². The number of hydrogen-bond donors (Lipinski definition) is 2. The van der Waals surface area contributed by atoms with Crippen LogP contribution in [0, 0.1) is 0 Å². The largest absolute Gasteiger partial charge is 0.467 e. The van der Waals surface area contributed by atoms with Crippen molar-refractivity contribution in [1.82, 2.24) is 0 Å². The maximum atomic E-state index is 12.6. The van der Waals surface area contributed by atoms with E-state index >= 15 is 0 Å². The minimum Gasteiger partial charge on any atom is -0.467 e. The molecular weight excluding hydrogens is 380 g/mol. The molecule has 1 aromatic heterocycles. The molecule has 0 saturated heterocycles. The number of benzene rings is 2. The number of para-hydroxylation sites is 1. The molecule has 2 N–H and O–H groups in total. The molecule has 0 aliphatic carbocycles. The Kier molecular flexibility index (Phi) is 6.34. The van der Waals surface area contributed by atoms with Gasteiger partial charge in [0.05, 0.1) is 18.4 Å². The van der Waals surface area contributed by atoms with E-state index in [9.17, 15) is 9.59 Å². The van der Waals surface area contributed by atoms with Gasteiger partial charge in [-0.1, -0.05) is 23.7 Å². The van der Waals surface area contributed by atoms with Gasteiger partial charge in [-0.2, -0.15) is 0 Å². The van der Waals surface area contributed by atoms with Gasteiger partial charge in [0.15, 0.2) is 6.10 Å². The van der Waals surface area contributed by atoms with Gasteiger partial charge < -0.3 is 19.8 Å². The van der Waals surface area contributed by atoms with Gasteiger partial charge in [0.2, 0.25) is 0 Å². The van der Waals surface area contributed by atoms with Crippen molar-refractivity contribution < 1.29 is 18.7 Å². The van der Waals surface area contributed by atoms with E-state index < -0.39 is 18.0 Å². The van der Waals surface area contributed by atoms with Crippen molar-refractivity contribution in [3.8, 4) is 0 Å². The Morgan fingerprint density at radius 2 is 1.82 bits per heavy atom. The Labute approximate surface area is 167 Å². The van der Waals surface area contributed by atoms with Gasteiger partial charge in [0.25, 0.3) is 5.91 Å². The Morgan fingerprint density at radius 3 is 2.54 bits per heavy atom. The van der Waals surface area contributed by atoms with Crippen molar-refractivity contribution in [3.63, 3.8) is 0 Å². The highest BCUT2D eigenvalue weighted by Gasteiger charge is 2.21. The molecule has 0 aliphatic heterocycles. The van der Waals surface area contributed by atoms with Gasteiger partial charge in [0.1, 0.15) is 5.76 Å². The fourth-order valence-corrected chi connectivity index (χ4v) is 2.59. The monoisotopic (exact) mass is 398 g/mol. The highest BCUT2D eigenvalue weighted by Crippen LogP contribution is 2.19. The Hall–Kier alpha value is -3.25. The lowest BCUT2D eigenvalue weighted by atomic mass is 10.1. The van der Waals surface area contributed by atoms with E-state index in [1.54, 1.807) is 60.9 Å². The molecule has 0 spiro atoms. The second-order valence-electron chi connectivity index (χ2n) is 6.02. The lowest BCUT2D eigenvalue weighted by Gasteiger charge is -2.15. The maximum Gasteiger partial charge on any atom is 0.341 e. The normalized spacial score (nSPS) is 11.5. The zero-order chi connectivity index (χ0) is 19.9. The minimum atomic E-state index is -0.971. The molecule has 1 atom stereocenters. The van der Waals surface area contributed by atoms with E-state index in [0.717, 1.165) is 5.76 Å². The van der Waals surface area contributed by atoms with Crippen molar-refractivity contribution in [2.24, 2.45) is 0 Å². The molecular formula is C21H19ClN2O4. The summed E-state index contributed by atoms with van der Waals surface area (Å²) in [5.41, 5.74) is 1.49. The topological polar surface area (TPSA) is 80.6 Å². The SMILES string of the molecule is C[C@@H](OC(=O)c1ccccc1NCc1ccco1)C(=O)Nc1ccc(Cl)cc1. The van der Waals surface area contributed by atoms with Crippen LogP contribution >= 0.6 is 11.6 Å². The molecule has 1 heterocycles. The lowest BCUT2D eigenvalue weighted by Crippen LogP contribution is -2.30. The van der Waals surface area contributed by atoms with Crippen LogP contribution in [0.4, 0.5) is 11.4 Å². The van der Waals surface area contributed by atoms with Gasteiger partial charge in [-0.05, 0) is 55.5 Å². The van der Waals surface area contributed by atoms with E-state index in [4.69, 9.17) is 20.8 Å². The number of nitrogens with one attached hydrogen (secondary N) is 2. The van der Waals surface area contributed by atoms with E-state index in [1.807, 2.05) is 6.07 Å². The molecule has 144 valence electrons. The van der Waals surface area contributed by atoms with Crippen LogP contribution in [0.5, 0.6) is 0 Å². The predicted molar refractivity (Wildman–Crippen MR) is 107 cm³/mol. The van der Waals surface area contributed by atoms with E-state index in [-0.39, 0.29) is 0 Å². The number of carbonyl (C=O) groups is 2. The number of halogens is 1. The average Bonchev–Trinajstić information content (AvgIpc) is 3.22. The summed E-state index contributed by atoms with van der Waals surface area (Å²) < 4.78 is 10.6. The van der Waals surface area contributed by atoms with Crippen molar-refractivity contribution in [1.29, 1.82) is 0 Å². The van der Waals surface area contributed by atoms with Crippen LogP contribution in [-0.2, 0) is 16.1 Å². The fraction of sp³-hybridized carbons (Fsp3) is 0.143. The standard InChI is InChI=1S/C21H19ClN2O4/c1-14(20(25)24-16-10-8-15(22)9-11-16)28-21(26)18-6-2-3-7-19(18)23-13-17-5-4-12-27-17/h2-12,14,23H,13H2,1H3,(H,24,25)/t14-/m1/s1. The van der Waals surface area contributed by atoms with Crippen molar-refractivity contribution in [3.05, 3.63) is 83.3 Å². The van der Waals surface area contributed by atoms with E-state index in [0.29, 0.717) is 28.5 Å². The third kappa shape index (κ3) is 5.14. The number of esters is 1. The van der Waals surface area contributed by atoms with Crippen molar-refractivity contribution in [2.75, 3.05) is 10.6 Å². The summed E-state index contributed by atoms with van der Waals surface area (Å²) in [6, 6.07) is 17.2. The molecule has 28 heavy (non-hydrogen) atoms. The maximum absolute atomic E-state index is 12.6. The molecule has 2 aromatic carbocycles. The van der Waals surface area contributed by atoms with Crippen molar-refractivity contribution >= 4 is 34.9 Å². The van der Waals surface area contributed by atoms with E-state index in [2.05, 4.69) is 10.6 Å². The van der Waals surface area contributed by atoms with E-state index in [1.165, 1.54) is 6.92 Å². The molecule has 6 nitrogen and oxygen atoms in total. The smallest absolute Gasteiger partial charge is 0.341 e. The fourth-order valence-electron chi connectivity index (χ4n) is 2.47. The van der Waals surface area contributed by atoms with Crippen LogP contribution in [0.15, 0.2) is 71.3 Å². The summed E-state index contributed by atoms with van der Waals surface area (Å²) in [6.07, 6.45) is 0.610.